The maximum Gasteiger partial charge on any atom is 0.129 e. The first kappa shape index (κ1) is 13.4. The Hall–Kier alpha value is -1.62. The van der Waals surface area contributed by atoms with E-state index in [1.54, 1.807) is 6.92 Å². The second kappa shape index (κ2) is 5.05. The molecule has 0 aromatic heterocycles. The molecule has 3 nitrogen and oxygen atoms in total. The highest BCUT2D eigenvalue weighted by Crippen LogP contribution is 2.28. The van der Waals surface area contributed by atoms with Gasteiger partial charge >= 0.3 is 0 Å². The van der Waals surface area contributed by atoms with Crippen LogP contribution in [0.1, 0.15) is 24.5 Å². The van der Waals surface area contributed by atoms with Gasteiger partial charge in [-0.3, -0.25) is 0 Å². The van der Waals surface area contributed by atoms with Crippen molar-refractivity contribution in [2.75, 3.05) is 6.67 Å². The van der Waals surface area contributed by atoms with Gasteiger partial charge < -0.3 is 15.3 Å². The number of hydrogen-bond donors (Lipinski definition) is 2. The molecule has 20 heavy (non-hydrogen) atoms. The molecule has 2 N–H and O–H groups in total. The topological polar surface area (TPSA) is 35.5 Å². The molecule has 1 unspecified atom stereocenters. The van der Waals surface area contributed by atoms with Crippen molar-refractivity contribution in [1.82, 2.24) is 10.2 Å². The van der Waals surface area contributed by atoms with Gasteiger partial charge in [-0.2, -0.15) is 0 Å². The number of halogens is 2. The first-order valence-electron chi connectivity index (χ1n) is 6.91. The van der Waals surface area contributed by atoms with Crippen molar-refractivity contribution in [3.8, 4) is 0 Å². The molecule has 5 heteroatoms. The first-order valence-corrected chi connectivity index (χ1v) is 6.91. The van der Waals surface area contributed by atoms with E-state index >= 15 is 0 Å². The van der Waals surface area contributed by atoms with Crippen LogP contribution in [-0.2, 0) is 12.8 Å². The quantitative estimate of drug-likeness (QED) is 0.868. The lowest BCUT2D eigenvalue weighted by Gasteiger charge is -2.32. The minimum absolute atomic E-state index is 0.215. The van der Waals surface area contributed by atoms with E-state index in [1.807, 2.05) is 6.20 Å². The molecule has 0 amide bonds. The van der Waals surface area contributed by atoms with Gasteiger partial charge in [-0.25, -0.2) is 8.78 Å². The highest BCUT2D eigenvalue weighted by molar-refractivity contribution is 5.33. The highest BCUT2D eigenvalue weighted by Gasteiger charge is 2.28. The Balaban J connectivity index is 1.79. The summed E-state index contributed by atoms with van der Waals surface area (Å²) < 4.78 is 27.0. The van der Waals surface area contributed by atoms with Crippen LogP contribution in [0.2, 0.25) is 0 Å². The highest BCUT2D eigenvalue weighted by atomic mass is 19.1. The first-order chi connectivity index (χ1) is 9.54. The summed E-state index contributed by atoms with van der Waals surface area (Å²) >= 11 is 0. The van der Waals surface area contributed by atoms with Crippen molar-refractivity contribution in [3.05, 3.63) is 46.8 Å². The van der Waals surface area contributed by atoms with Gasteiger partial charge in [0, 0.05) is 18.3 Å². The Kier molecular flexibility index (Phi) is 3.38. The molecule has 0 saturated carbocycles. The van der Waals surface area contributed by atoms with E-state index in [4.69, 9.17) is 0 Å². The summed E-state index contributed by atoms with van der Waals surface area (Å²) in [5.74, 6) is -0.945. The van der Waals surface area contributed by atoms with Gasteiger partial charge in [0.1, 0.15) is 11.6 Å². The van der Waals surface area contributed by atoms with Crippen LogP contribution in [-0.4, -0.2) is 28.8 Å². The van der Waals surface area contributed by atoms with E-state index in [-0.39, 0.29) is 6.04 Å². The van der Waals surface area contributed by atoms with E-state index in [2.05, 4.69) is 10.2 Å². The molecule has 3 rings (SSSR count). The Morgan fingerprint density at radius 2 is 2.20 bits per heavy atom. The van der Waals surface area contributed by atoms with Crippen LogP contribution in [0.5, 0.6) is 0 Å². The van der Waals surface area contributed by atoms with Gasteiger partial charge in [0.2, 0.25) is 0 Å². The van der Waals surface area contributed by atoms with Gasteiger partial charge in [0.15, 0.2) is 0 Å². The predicted octanol–water partition coefficient (Wildman–Crippen LogP) is 1.91. The van der Waals surface area contributed by atoms with Crippen LogP contribution in [0, 0.1) is 11.6 Å². The van der Waals surface area contributed by atoms with E-state index in [0.717, 1.165) is 23.7 Å². The Labute approximate surface area is 116 Å². The van der Waals surface area contributed by atoms with E-state index < -0.39 is 17.7 Å². The lowest BCUT2D eigenvalue weighted by molar-refractivity contribution is 0.224. The summed E-state index contributed by atoms with van der Waals surface area (Å²) in [6.07, 6.45) is 3.48. The van der Waals surface area contributed by atoms with Crippen molar-refractivity contribution < 1.29 is 13.9 Å². The van der Waals surface area contributed by atoms with Gasteiger partial charge in [-0.15, -0.1) is 0 Å². The van der Waals surface area contributed by atoms with Crippen molar-refractivity contribution in [2.24, 2.45) is 0 Å². The zero-order valence-corrected chi connectivity index (χ0v) is 11.4. The molecule has 2 atom stereocenters. The van der Waals surface area contributed by atoms with Crippen LogP contribution in [0.3, 0.4) is 0 Å². The largest absolute Gasteiger partial charge is 0.387 e. The predicted molar refractivity (Wildman–Crippen MR) is 71.8 cm³/mol. The molecule has 108 valence electrons. The minimum Gasteiger partial charge on any atom is -0.387 e. The Morgan fingerprint density at radius 3 is 2.90 bits per heavy atom. The Morgan fingerprint density at radius 1 is 1.40 bits per heavy atom. The minimum atomic E-state index is -0.522. The molecule has 1 aromatic rings. The van der Waals surface area contributed by atoms with Crippen LogP contribution >= 0.6 is 0 Å². The van der Waals surface area contributed by atoms with Gasteiger partial charge in [-0.1, -0.05) is 0 Å². The Bertz CT molecular complexity index is 557. The second-order valence-electron chi connectivity index (χ2n) is 5.53. The summed E-state index contributed by atoms with van der Waals surface area (Å²) in [5, 5.41) is 12.7. The van der Waals surface area contributed by atoms with Crippen molar-refractivity contribution >= 4 is 0 Å². The molecule has 0 saturated heterocycles. The molecule has 0 fully saturated rings. The fourth-order valence-electron chi connectivity index (χ4n) is 3.01. The van der Waals surface area contributed by atoms with Gasteiger partial charge in [0.25, 0.3) is 0 Å². The summed E-state index contributed by atoms with van der Waals surface area (Å²) in [6.45, 7) is 2.35. The van der Waals surface area contributed by atoms with Crippen LogP contribution in [0.25, 0.3) is 0 Å². The summed E-state index contributed by atoms with van der Waals surface area (Å²) in [6, 6.07) is 2.61. The van der Waals surface area contributed by atoms with Crippen LogP contribution < -0.4 is 5.32 Å². The zero-order chi connectivity index (χ0) is 14.3. The molecule has 1 aliphatic heterocycles. The molecule has 0 bridgehead atoms. The number of benzene rings is 1. The molecular formula is C15H18F2N2O. The molecule has 1 heterocycles. The summed E-state index contributed by atoms with van der Waals surface area (Å²) in [5.41, 5.74) is 2.20. The summed E-state index contributed by atoms with van der Waals surface area (Å²) in [7, 11) is 0. The number of nitrogens with zero attached hydrogens (tertiary/aromatic N) is 1. The number of aliphatic hydroxyl groups is 1. The van der Waals surface area contributed by atoms with Crippen molar-refractivity contribution in [1.29, 1.82) is 0 Å². The summed E-state index contributed by atoms with van der Waals surface area (Å²) in [4.78, 5) is 2.10. The number of rotatable bonds is 2. The normalized spacial score (nSPS) is 23.1. The van der Waals surface area contributed by atoms with Crippen molar-refractivity contribution in [2.45, 2.75) is 38.3 Å². The van der Waals surface area contributed by atoms with E-state index in [9.17, 15) is 13.9 Å². The maximum absolute atomic E-state index is 13.7. The standard InChI is InChI=1S/C15H18F2N2O/c1-9(20)15-7-19(8-18-15)12-2-3-13-10(5-12)4-11(16)6-14(13)17/h4,6-7,9,12,18,20H,2-3,5,8H2,1H3/t9?,12-/m0/s1. The number of nitrogens with one attached hydrogen (secondary N) is 1. The van der Waals surface area contributed by atoms with Crippen LogP contribution in [0.4, 0.5) is 8.78 Å². The maximum atomic E-state index is 13.7. The molecule has 1 aliphatic carbocycles. The fourth-order valence-corrected chi connectivity index (χ4v) is 3.01. The lowest BCUT2D eigenvalue weighted by Crippen LogP contribution is -2.37. The third-order valence-electron chi connectivity index (χ3n) is 4.13. The molecule has 0 spiro atoms. The van der Waals surface area contributed by atoms with Crippen LogP contribution in [0.15, 0.2) is 24.0 Å². The second-order valence-corrected chi connectivity index (χ2v) is 5.53. The molecule has 0 radical (unpaired) electrons. The molecular weight excluding hydrogens is 262 g/mol. The average molecular weight is 280 g/mol. The molecule has 1 aromatic carbocycles. The van der Waals surface area contributed by atoms with Gasteiger partial charge in [-0.05, 0) is 43.4 Å². The number of aliphatic hydroxyl groups excluding tert-OH is 1. The fraction of sp³-hybridized carbons (Fsp3) is 0.467. The van der Waals surface area contributed by atoms with Crippen molar-refractivity contribution in [3.63, 3.8) is 0 Å². The zero-order valence-electron chi connectivity index (χ0n) is 11.4. The monoisotopic (exact) mass is 280 g/mol. The van der Waals surface area contributed by atoms with E-state index in [0.29, 0.717) is 25.1 Å². The molecule has 2 aliphatic rings. The average Bonchev–Trinajstić information content (AvgIpc) is 2.87. The third kappa shape index (κ3) is 2.38. The van der Waals surface area contributed by atoms with Gasteiger partial charge in [0.05, 0.1) is 18.5 Å². The SMILES string of the molecule is CC(O)C1=CN([C@H]2CCc3c(F)cc(F)cc3C2)CN1. The lowest BCUT2D eigenvalue weighted by atomic mass is 9.87. The third-order valence-corrected chi connectivity index (χ3v) is 4.13. The van der Waals surface area contributed by atoms with E-state index in [1.165, 1.54) is 6.07 Å². The number of fused-ring (bicyclic) bond motifs is 1. The number of hydrogen-bond acceptors (Lipinski definition) is 3. The smallest absolute Gasteiger partial charge is 0.129 e.